The molecule has 74 valence electrons. The van der Waals surface area contributed by atoms with Crippen molar-refractivity contribution in [1.29, 1.82) is 0 Å². The molecule has 1 aromatic carbocycles. The van der Waals surface area contributed by atoms with Gasteiger partial charge in [-0.1, -0.05) is 28.1 Å². The number of aromatic carboxylic acids is 1. The van der Waals surface area contributed by atoms with Crippen LogP contribution in [0.5, 0.6) is 0 Å². The summed E-state index contributed by atoms with van der Waals surface area (Å²) in [5, 5.41) is 9.27. The molecule has 0 heterocycles. The highest BCUT2D eigenvalue weighted by molar-refractivity contribution is 9.09. The number of hydrogen-bond acceptors (Lipinski definition) is 1. The van der Waals surface area contributed by atoms with Gasteiger partial charge in [0, 0.05) is 10.9 Å². The summed E-state index contributed by atoms with van der Waals surface area (Å²) in [6.07, 6.45) is 3.24. The Hall–Kier alpha value is -1.16. The predicted octanol–water partition coefficient (Wildman–Crippen LogP) is 2.93. The van der Waals surface area contributed by atoms with Crippen molar-refractivity contribution >= 4 is 28.0 Å². The number of carbonyl (C=O) groups is 1. The van der Waals surface area contributed by atoms with E-state index in [1.54, 1.807) is 6.08 Å². The van der Waals surface area contributed by atoms with Crippen LogP contribution in [-0.4, -0.2) is 16.4 Å². The van der Waals surface area contributed by atoms with Gasteiger partial charge >= 0.3 is 5.97 Å². The quantitative estimate of drug-likeness (QED) is 0.847. The maximum Gasteiger partial charge on any atom is 0.335 e. The summed E-state index contributed by atoms with van der Waals surface area (Å²) in [6, 6.07) is 3.69. The number of rotatable bonds is 3. The van der Waals surface area contributed by atoms with Crippen LogP contribution in [-0.2, 0) is 0 Å². The van der Waals surface area contributed by atoms with E-state index in [0.717, 1.165) is 6.07 Å². The smallest absolute Gasteiger partial charge is 0.335 e. The predicted molar refractivity (Wildman–Crippen MR) is 56.2 cm³/mol. The molecule has 0 aromatic heterocycles. The van der Waals surface area contributed by atoms with E-state index >= 15 is 0 Å². The molecule has 0 aliphatic rings. The fraction of sp³-hybridized carbons (Fsp3) is 0.100. The summed E-state index contributed by atoms with van der Waals surface area (Å²) in [4.78, 5) is 10.6. The molecule has 4 heteroatoms. The van der Waals surface area contributed by atoms with Gasteiger partial charge in [0.1, 0.15) is 5.82 Å². The third kappa shape index (κ3) is 2.67. The molecule has 0 radical (unpaired) electrons. The van der Waals surface area contributed by atoms with Crippen LogP contribution in [0.25, 0.3) is 6.08 Å². The summed E-state index contributed by atoms with van der Waals surface area (Å²) in [5.41, 5.74) is 0.366. The first-order chi connectivity index (χ1) is 6.65. The van der Waals surface area contributed by atoms with Crippen LogP contribution in [0.15, 0.2) is 24.3 Å². The Morgan fingerprint density at radius 3 is 2.86 bits per heavy atom. The average Bonchev–Trinajstić information content (AvgIpc) is 2.16. The molecule has 14 heavy (non-hydrogen) atoms. The Balaban J connectivity index is 3.08. The van der Waals surface area contributed by atoms with E-state index < -0.39 is 11.8 Å². The molecule has 2 nitrogen and oxygen atoms in total. The topological polar surface area (TPSA) is 37.3 Å². The Morgan fingerprint density at radius 2 is 2.29 bits per heavy atom. The van der Waals surface area contributed by atoms with Crippen molar-refractivity contribution < 1.29 is 14.3 Å². The van der Waals surface area contributed by atoms with Crippen molar-refractivity contribution in [3.63, 3.8) is 0 Å². The van der Waals surface area contributed by atoms with Gasteiger partial charge < -0.3 is 5.11 Å². The summed E-state index contributed by atoms with van der Waals surface area (Å²) in [6.45, 7) is 0. The summed E-state index contributed by atoms with van der Waals surface area (Å²) < 4.78 is 13.1. The van der Waals surface area contributed by atoms with Crippen LogP contribution in [0.2, 0.25) is 0 Å². The second-order valence-electron chi connectivity index (χ2n) is 2.60. The number of halogens is 2. The molecule has 0 bridgehead atoms. The lowest BCUT2D eigenvalue weighted by Crippen LogP contribution is -1.97. The van der Waals surface area contributed by atoms with Gasteiger partial charge in [-0.25, -0.2) is 9.18 Å². The second kappa shape index (κ2) is 4.91. The molecule has 0 saturated carbocycles. The van der Waals surface area contributed by atoms with Crippen LogP contribution in [0.4, 0.5) is 4.39 Å². The fourth-order valence-electron chi connectivity index (χ4n) is 0.976. The Labute approximate surface area is 89.2 Å². The molecule has 1 aromatic rings. The van der Waals surface area contributed by atoms with E-state index in [-0.39, 0.29) is 11.1 Å². The monoisotopic (exact) mass is 258 g/mol. The first-order valence-electron chi connectivity index (χ1n) is 3.90. The van der Waals surface area contributed by atoms with Crippen LogP contribution in [0.1, 0.15) is 15.9 Å². The van der Waals surface area contributed by atoms with Crippen molar-refractivity contribution in [2.45, 2.75) is 0 Å². The van der Waals surface area contributed by atoms with Crippen molar-refractivity contribution in [2.24, 2.45) is 0 Å². The highest BCUT2D eigenvalue weighted by Crippen LogP contribution is 2.12. The summed E-state index contributed by atoms with van der Waals surface area (Å²) in [7, 11) is 0. The molecular formula is C10H8BrFO2. The first kappa shape index (κ1) is 10.9. The lowest BCUT2D eigenvalue weighted by molar-refractivity contribution is 0.0697. The minimum absolute atomic E-state index is 0.0839. The SMILES string of the molecule is O=C(O)c1ccc(F)c(C=CCBr)c1. The van der Waals surface area contributed by atoms with Crippen LogP contribution < -0.4 is 0 Å². The normalized spacial score (nSPS) is 10.7. The van der Waals surface area contributed by atoms with Crippen molar-refractivity contribution in [3.05, 3.63) is 41.2 Å². The Bertz CT molecular complexity index is 374. The highest BCUT2D eigenvalue weighted by Gasteiger charge is 2.05. The van der Waals surface area contributed by atoms with E-state index in [0.29, 0.717) is 5.33 Å². The third-order valence-electron chi connectivity index (χ3n) is 1.63. The zero-order valence-corrected chi connectivity index (χ0v) is 8.79. The number of allylic oxidation sites excluding steroid dienone is 1. The minimum Gasteiger partial charge on any atom is -0.478 e. The fourth-order valence-corrected chi connectivity index (χ4v) is 1.16. The summed E-state index contributed by atoms with van der Waals surface area (Å²) >= 11 is 3.15. The Morgan fingerprint density at radius 1 is 1.57 bits per heavy atom. The van der Waals surface area contributed by atoms with E-state index in [4.69, 9.17) is 5.11 Å². The summed E-state index contributed by atoms with van der Waals surface area (Å²) in [5.74, 6) is -1.48. The zero-order chi connectivity index (χ0) is 10.6. The molecule has 0 fully saturated rings. The van der Waals surface area contributed by atoms with Crippen LogP contribution >= 0.6 is 15.9 Å². The molecule has 0 amide bonds. The van der Waals surface area contributed by atoms with Gasteiger partial charge in [0.25, 0.3) is 0 Å². The molecule has 1 N–H and O–H groups in total. The van der Waals surface area contributed by atoms with E-state index in [9.17, 15) is 9.18 Å². The van der Waals surface area contributed by atoms with Crippen molar-refractivity contribution in [1.82, 2.24) is 0 Å². The van der Waals surface area contributed by atoms with E-state index in [1.807, 2.05) is 0 Å². The van der Waals surface area contributed by atoms with Gasteiger partial charge in [0.15, 0.2) is 0 Å². The zero-order valence-electron chi connectivity index (χ0n) is 7.21. The number of hydrogen-bond donors (Lipinski definition) is 1. The van der Waals surface area contributed by atoms with Gasteiger partial charge in [-0.3, -0.25) is 0 Å². The molecule has 0 aliphatic heterocycles. The molecule has 0 atom stereocenters. The number of carboxylic acids is 1. The second-order valence-corrected chi connectivity index (χ2v) is 3.25. The van der Waals surface area contributed by atoms with Gasteiger partial charge in [0.05, 0.1) is 5.56 Å². The van der Waals surface area contributed by atoms with Gasteiger partial charge in [-0.05, 0) is 18.2 Å². The number of benzene rings is 1. The number of carboxylic acid groups (broad SMARTS) is 1. The van der Waals surface area contributed by atoms with Crippen molar-refractivity contribution in [2.75, 3.05) is 5.33 Å². The van der Waals surface area contributed by atoms with Crippen molar-refractivity contribution in [3.8, 4) is 0 Å². The lowest BCUT2D eigenvalue weighted by atomic mass is 10.1. The lowest BCUT2D eigenvalue weighted by Gasteiger charge is -1.98. The molecule has 0 spiro atoms. The maximum atomic E-state index is 13.1. The molecular weight excluding hydrogens is 251 g/mol. The maximum absolute atomic E-state index is 13.1. The largest absolute Gasteiger partial charge is 0.478 e. The van der Waals surface area contributed by atoms with E-state index in [1.165, 1.54) is 18.2 Å². The molecule has 0 unspecified atom stereocenters. The van der Waals surface area contributed by atoms with Gasteiger partial charge in [-0.15, -0.1) is 0 Å². The van der Waals surface area contributed by atoms with Crippen LogP contribution in [0, 0.1) is 5.82 Å². The van der Waals surface area contributed by atoms with E-state index in [2.05, 4.69) is 15.9 Å². The number of alkyl halides is 1. The van der Waals surface area contributed by atoms with Gasteiger partial charge in [0.2, 0.25) is 0 Å². The first-order valence-corrected chi connectivity index (χ1v) is 5.02. The highest BCUT2D eigenvalue weighted by atomic mass is 79.9. The third-order valence-corrected chi connectivity index (χ3v) is 2.00. The van der Waals surface area contributed by atoms with Gasteiger partial charge in [-0.2, -0.15) is 0 Å². The molecule has 0 saturated heterocycles. The average molecular weight is 259 g/mol. The molecule has 0 aliphatic carbocycles. The Kier molecular flexibility index (Phi) is 3.83. The van der Waals surface area contributed by atoms with Crippen LogP contribution in [0.3, 0.4) is 0 Å². The standard InChI is InChI=1S/C10H8BrFO2/c11-5-1-2-7-6-8(10(13)14)3-4-9(7)12/h1-4,6H,5H2,(H,13,14). The minimum atomic E-state index is -1.06. The molecule has 1 rings (SSSR count).